The Morgan fingerprint density at radius 1 is 1.36 bits per heavy atom. The van der Waals surface area contributed by atoms with E-state index in [1.807, 2.05) is 0 Å². The Kier molecular flexibility index (Phi) is 2.21. The van der Waals surface area contributed by atoms with Crippen LogP contribution in [0.2, 0.25) is 0 Å². The van der Waals surface area contributed by atoms with Crippen LogP contribution in [0, 0.1) is 0 Å². The Labute approximate surface area is 64.0 Å². The molecular weight excluding hydrogens is 145 g/mol. The summed E-state index contributed by atoms with van der Waals surface area (Å²) in [6.07, 6.45) is 0. The third-order valence-electron chi connectivity index (χ3n) is 1.40. The zero-order chi connectivity index (χ0) is 8.27. The van der Waals surface area contributed by atoms with E-state index >= 15 is 0 Å². The lowest BCUT2D eigenvalue weighted by Crippen LogP contribution is -1.91. The van der Waals surface area contributed by atoms with Crippen LogP contribution >= 0.6 is 0 Å². The van der Waals surface area contributed by atoms with Gasteiger partial charge in [-0.25, -0.2) is 0 Å². The predicted octanol–water partition coefficient (Wildman–Crippen LogP) is 1.84. The molecule has 58 valence electrons. The Morgan fingerprint density at radius 3 is 2.27 bits per heavy atom. The minimum atomic E-state index is -1.40. The smallest absolute Gasteiger partial charge is 0.332 e. The SMILES string of the molecule is CNc1ccc(C(=O)F)cc1. The molecule has 1 N–H and O–H groups in total. The van der Waals surface area contributed by atoms with Crippen molar-refractivity contribution in [3.05, 3.63) is 29.8 Å². The van der Waals surface area contributed by atoms with Gasteiger partial charge in [-0.1, -0.05) is 0 Å². The summed E-state index contributed by atoms with van der Waals surface area (Å²) in [7, 11) is 1.76. The number of benzene rings is 1. The minimum absolute atomic E-state index is 0.0870. The van der Waals surface area contributed by atoms with Crippen LogP contribution < -0.4 is 5.32 Å². The number of nitrogens with one attached hydrogen (secondary N) is 1. The van der Waals surface area contributed by atoms with Gasteiger partial charge in [-0.2, -0.15) is 4.39 Å². The highest BCUT2D eigenvalue weighted by Crippen LogP contribution is 2.08. The van der Waals surface area contributed by atoms with E-state index in [0.29, 0.717) is 0 Å². The number of halogens is 1. The molecule has 0 radical (unpaired) electrons. The van der Waals surface area contributed by atoms with Gasteiger partial charge in [0.25, 0.3) is 0 Å². The largest absolute Gasteiger partial charge is 0.388 e. The molecule has 0 fully saturated rings. The van der Waals surface area contributed by atoms with E-state index in [1.165, 1.54) is 12.1 Å². The van der Waals surface area contributed by atoms with Gasteiger partial charge < -0.3 is 5.32 Å². The summed E-state index contributed by atoms with van der Waals surface area (Å²) in [6.45, 7) is 0. The summed E-state index contributed by atoms with van der Waals surface area (Å²) < 4.78 is 12.0. The molecule has 0 aliphatic rings. The van der Waals surface area contributed by atoms with Crippen molar-refractivity contribution in [3.63, 3.8) is 0 Å². The molecule has 1 rings (SSSR count). The van der Waals surface area contributed by atoms with Crippen LogP contribution in [0.4, 0.5) is 10.1 Å². The fourth-order valence-electron chi connectivity index (χ4n) is 0.768. The lowest BCUT2D eigenvalue weighted by Gasteiger charge is -1.97. The predicted molar refractivity (Wildman–Crippen MR) is 41.4 cm³/mol. The van der Waals surface area contributed by atoms with E-state index in [-0.39, 0.29) is 5.56 Å². The van der Waals surface area contributed by atoms with E-state index in [1.54, 1.807) is 19.2 Å². The maximum atomic E-state index is 12.0. The van der Waals surface area contributed by atoms with Crippen LogP contribution in [0.5, 0.6) is 0 Å². The molecule has 0 spiro atoms. The molecule has 0 aliphatic heterocycles. The van der Waals surface area contributed by atoms with Gasteiger partial charge in [0.05, 0.1) is 5.56 Å². The topological polar surface area (TPSA) is 29.1 Å². The summed E-state index contributed by atoms with van der Waals surface area (Å²) in [5.74, 6) is 0. The number of carbonyl (C=O) groups excluding carboxylic acids is 1. The molecule has 3 heteroatoms. The second-order valence-corrected chi connectivity index (χ2v) is 2.10. The maximum absolute atomic E-state index is 12.0. The lowest BCUT2D eigenvalue weighted by molar-refractivity contribution is 0.0836. The van der Waals surface area contributed by atoms with Crippen molar-refractivity contribution < 1.29 is 9.18 Å². The summed E-state index contributed by atoms with van der Waals surface area (Å²) >= 11 is 0. The first-order valence-corrected chi connectivity index (χ1v) is 3.21. The molecule has 1 aromatic rings. The number of anilines is 1. The fourth-order valence-corrected chi connectivity index (χ4v) is 0.768. The second-order valence-electron chi connectivity index (χ2n) is 2.10. The zero-order valence-electron chi connectivity index (χ0n) is 6.10. The van der Waals surface area contributed by atoms with Gasteiger partial charge in [-0.15, -0.1) is 0 Å². The van der Waals surface area contributed by atoms with Crippen LogP contribution in [0.3, 0.4) is 0 Å². The summed E-state index contributed by atoms with van der Waals surface area (Å²) in [6, 6.07) is 4.77. The van der Waals surface area contributed by atoms with Crippen LogP contribution in [0.25, 0.3) is 0 Å². The first kappa shape index (κ1) is 7.72. The van der Waals surface area contributed by atoms with Crippen LogP contribution in [0.1, 0.15) is 10.4 Å². The molecule has 0 saturated heterocycles. The van der Waals surface area contributed by atoms with Crippen LogP contribution in [-0.4, -0.2) is 13.1 Å². The molecule has 0 bridgehead atoms. The van der Waals surface area contributed by atoms with Gasteiger partial charge in [-0.05, 0) is 24.3 Å². The highest BCUT2D eigenvalue weighted by molar-refractivity contribution is 5.88. The first-order valence-electron chi connectivity index (χ1n) is 3.21. The van der Waals surface area contributed by atoms with Crippen LogP contribution in [0.15, 0.2) is 24.3 Å². The molecule has 0 heterocycles. The van der Waals surface area contributed by atoms with Crippen molar-refractivity contribution in [2.45, 2.75) is 0 Å². The van der Waals surface area contributed by atoms with E-state index in [4.69, 9.17) is 0 Å². The Morgan fingerprint density at radius 2 is 1.91 bits per heavy atom. The Hall–Kier alpha value is -1.38. The molecule has 0 aliphatic carbocycles. The van der Waals surface area contributed by atoms with E-state index in [9.17, 15) is 9.18 Å². The number of carbonyl (C=O) groups is 1. The number of hydrogen-bond donors (Lipinski definition) is 1. The molecule has 0 amide bonds. The van der Waals surface area contributed by atoms with Crippen molar-refractivity contribution in [2.24, 2.45) is 0 Å². The molecule has 11 heavy (non-hydrogen) atoms. The van der Waals surface area contributed by atoms with Gasteiger partial charge in [0.2, 0.25) is 0 Å². The van der Waals surface area contributed by atoms with Gasteiger partial charge in [0.1, 0.15) is 0 Å². The van der Waals surface area contributed by atoms with Crippen molar-refractivity contribution in [1.29, 1.82) is 0 Å². The Balaban J connectivity index is 2.91. The molecule has 0 saturated carbocycles. The van der Waals surface area contributed by atoms with Gasteiger partial charge in [0, 0.05) is 12.7 Å². The fraction of sp³-hybridized carbons (Fsp3) is 0.125. The quantitative estimate of drug-likeness (QED) is 0.657. The summed E-state index contributed by atoms with van der Waals surface area (Å²) in [5.41, 5.74) is 0.944. The molecule has 2 nitrogen and oxygen atoms in total. The van der Waals surface area contributed by atoms with Crippen molar-refractivity contribution in [1.82, 2.24) is 0 Å². The normalized spacial score (nSPS) is 9.27. The van der Waals surface area contributed by atoms with E-state index < -0.39 is 6.04 Å². The average molecular weight is 153 g/mol. The average Bonchev–Trinajstić information content (AvgIpc) is 2.05. The van der Waals surface area contributed by atoms with Crippen molar-refractivity contribution in [2.75, 3.05) is 12.4 Å². The third kappa shape index (κ3) is 1.77. The highest BCUT2D eigenvalue weighted by atomic mass is 19.1. The maximum Gasteiger partial charge on any atom is 0.332 e. The monoisotopic (exact) mass is 153 g/mol. The van der Waals surface area contributed by atoms with Crippen LogP contribution in [-0.2, 0) is 0 Å². The van der Waals surface area contributed by atoms with Crippen molar-refractivity contribution >= 4 is 11.7 Å². The van der Waals surface area contributed by atoms with Gasteiger partial charge in [-0.3, -0.25) is 4.79 Å². The second kappa shape index (κ2) is 3.14. The van der Waals surface area contributed by atoms with Gasteiger partial charge >= 0.3 is 6.04 Å². The molecular formula is C8H8FNO. The molecule has 0 unspecified atom stereocenters. The number of rotatable bonds is 2. The third-order valence-corrected chi connectivity index (χ3v) is 1.40. The summed E-state index contributed by atoms with van der Waals surface area (Å²) in [5, 5.41) is 2.86. The number of hydrogen-bond acceptors (Lipinski definition) is 2. The highest BCUT2D eigenvalue weighted by Gasteiger charge is 2.00. The van der Waals surface area contributed by atoms with E-state index in [0.717, 1.165) is 5.69 Å². The molecule has 0 atom stereocenters. The zero-order valence-corrected chi connectivity index (χ0v) is 6.10. The molecule has 0 aromatic heterocycles. The Bertz CT molecular complexity index is 255. The van der Waals surface area contributed by atoms with E-state index in [2.05, 4.69) is 5.32 Å². The van der Waals surface area contributed by atoms with Crippen molar-refractivity contribution in [3.8, 4) is 0 Å². The summed E-state index contributed by atoms with van der Waals surface area (Å²) in [4.78, 5) is 10.2. The molecule has 1 aromatic carbocycles. The first-order chi connectivity index (χ1) is 5.24. The van der Waals surface area contributed by atoms with Gasteiger partial charge in [0.15, 0.2) is 0 Å². The standard InChI is InChI=1S/C8H8FNO/c1-10-7-4-2-6(3-5-7)8(9)11/h2-5,10H,1H3. The minimum Gasteiger partial charge on any atom is -0.388 e. The lowest BCUT2D eigenvalue weighted by atomic mass is 10.2.